The minimum atomic E-state index is 0.522. The van der Waals surface area contributed by atoms with Gasteiger partial charge in [0, 0.05) is 11.8 Å². The number of rotatable bonds is 1. The van der Waals surface area contributed by atoms with Crippen molar-refractivity contribution in [1.82, 2.24) is 4.98 Å². The van der Waals surface area contributed by atoms with E-state index in [0.717, 1.165) is 11.1 Å². The van der Waals surface area contributed by atoms with Crippen LogP contribution in [0.5, 0.6) is 0 Å². The number of hydrogen-bond donors (Lipinski definition) is 1. The third-order valence-corrected chi connectivity index (χ3v) is 1.64. The molecular formula is C9H8N2O. The minimum Gasteiger partial charge on any atom is -0.472 e. The average molecular weight is 160 g/mol. The molecule has 0 saturated carbocycles. The molecule has 0 radical (unpaired) electrons. The molecule has 3 heteroatoms. The lowest BCUT2D eigenvalue weighted by atomic mass is 10.1. The normalized spacial score (nSPS) is 10.0. The standard InChI is InChI=1S/C9H8N2O/c10-9-5-7(1-3-11-9)8-2-4-12-6-8/h1-6H,(H2,10,11). The van der Waals surface area contributed by atoms with Crippen LogP contribution >= 0.6 is 0 Å². The number of pyridine rings is 1. The fourth-order valence-electron chi connectivity index (χ4n) is 1.06. The van der Waals surface area contributed by atoms with Crippen LogP contribution in [0, 0.1) is 0 Å². The summed E-state index contributed by atoms with van der Waals surface area (Å²) < 4.78 is 4.95. The molecule has 2 heterocycles. The number of nitrogen functional groups attached to an aromatic ring is 1. The second-order valence-electron chi connectivity index (χ2n) is 2.48. The van der Waals surface area contributed by atoms with E-state index in [-0.39, 0.29) is 0 Å². The molecule has 0 aliphatic rings. The van der Waals surface area contributed by atoms with E-state index in [1.165, 1.54) is 0 Å². The second-order valence-corrected chi connectivity index (χ2v) is 2.48. The smallest absolute Gasteiger partial charge is 0.123 e. The van der Waals surface area contributed by atoms with E-state index in [1.54, 1.807) is 18.7 Å². The molecular weight excluding hydrogens is 152 g/mol. The molecule has 60 valence electrons. The summed E-state index contributed by atoms with van der Waals surface area (Å²) in [5.41, 5.74) is 7.56. The average Bonchev–Trinajstić information content (AvgIpc) is 2.56. The van der Waals surface area contributed by atoms with E-state index in [1.807, 2.05) is 18.2 Å². The van der Waals surface area contributed by atoms with Gasteiger partial charge >= 0.3 is 0 Å². The maximum Gasteiger partial charge on any atom is 0.123 e. The van der Waals surface area contributed by atoms with Gasteiger partial charge in [-0.25, -0.2) is 4.98 Å². The van der Waals surface area contributed by atoms with Crippen molar-refractivity contribution in [2.45, 2.75) is 0 Å². The van der Waals surface area contributed by atoms with Gasteiger partial charge in [-0.15, -0.1) is 0 Å². The maximum absolute atomic E-state index is 5.52. The van der Waals surface area contributed by atoms with Crippen molar-refractivity contribution in [3.05, 3.63) is 36.9 Å². The number of hydrogen-bond acceptors (Lipinski definition) is 3. The predicted octanol–water partition coefficient (Wildman–Crippen LogP) is 1.92. The molecule has 0 aliphatic carbocycles. The lowest BCUT2D eigenvalue weighted by molar-refractivity contribution is 0.568. The summed E-state index contributed by atoms with van der Waals surface area (Å²) in [7, 11) is 0. The summed E-state index contributed by atoms with van der Waals surface area (Å²) in [6.45, 7) is 0. The Morgan fingerprint density at radius 3 is 2.83 bits per heavy atom. The van der Waals surface area contributed by atoms with Gasteiger partial charge in [0.05, 0.1) is 12.5 Å². The highest BCUT2D eigenvalue weighted by molar-refractivity contribution is 5.64. The van der Waals surface area contributed by atoms with E-state index in [0.29, 0.717) is 5.82 Å². The van der Waals surface area contributed by atoms with E-state index in [4.69, 9.17) is 10.2 Å². The van der Waals surface area contributed by atoms with Gasteiger partial charge in [0.1, 0.15) is 5.82 Å². The van der Waals surface area contributed by atoms with Crippen LogP contribution in [0.2, 0.25) is 0 Å². The van der Waals surface area contributed by atoms with Crippen LogP contribution in [0.15, 0.2) is 41.3 Å². The van der Waals surface area contributed by atoms with Gasteiger partial charge in [0.25, 0.3) is 0 Å². The molecule has 2 N–H and O–H groups in total. The first-order chi connectivity index (χ1) is 5.86. The number of anilines is 1. The number of aromatic nitrogens is 1. The van der Waals surface area contributed by atoms with Crippen LogP contribution < -0.4 is 5.73 Å². The third kappa shape index (κ3) is 1.16. The van der Waals surface area contributed by atoms with Gasteiger partial charge < -0.3 is 10.2 Å². The molecule has 2 aromatic rings. The Balaban J connectivity index is 2.48. The first-order valence-corrected chi connectivity index (χ1v) is 3.60. The Labute approximate surface area is 69.8 Å². The Morgan fingerprint density at radius 2 is 2.17 bits per heavy atom. The molecule has 0 aromatic carbocycles. The summed E-state index contributed by atoms with van der Waals surface area (Å²) in [5, 5.41) is 0. The number of nitrogens with two attached hydrogens (primary N) is 1. The van der Waals surface area contributed by atoms with Crippen LogP contribution in [0.1, 0.15) is 0 Å². The first-order valence-electron chi connectivity index (χ1n) is 3.60. The molecule has 3 nitrogen and oxygen atoms in total. The summed E-state index contributed by atoms with van der Waals surface area (Å²) >= 11 is 0. The molecule has 0 atom stereocenters. The maximum atomic E-state index is 5.52. The minimum absolute atomic E-state index is 0.522. The fraction of sp³-hybridized carbons (Fsp3) is 0. The van der Waals surface area contributed by atoms with Gasteiger partial charge in [0.2, 0.25) is 0 Å². The SMILES string of the molecule is Nc1cc(-c2ccoc2)ccn1. The quantitative estimate of drug-likeness (QED) is 0.693. The summed E-state index contributed by atoms with van der Waals surface area (Å²) in [5.74, 6) is 0.522. The zero-order chi connectivity index (χ0) is 8.39. The third-order valence-electron chi connectivity index (χ3n) is 1.64. The summed E-state index contributed by atoms with van der Waals surface area (Å²) in [6.07, 6.45) is 4.98. The van der Waals surface area contributed by atoms with Crippen molar-refractivity contribution in [2.24, 2.45) is 0 Å². The van der Waals surface area contributed by atoms with Crippen LogP contribution in [-0.4, -0.2) is 4.98 Å². The number of nitrogens with zero attached hydrogens (tertiary/aromatic N) is 1. The van der Waals surface area contributed by atoms with Gasteiger partial charge in [-0.2, -0.15) is 0 Å². The molecule has 0 spiro atoms. The van der Waals surface area contributed by atoms with Crippen molar-refractivity contribution in [3.63, 3.8) is 0 Å². The van der Waals surface area contributed by atoms with E-state index >= 15 is 0 Å². The van der Waals surface area contributed by atoms with E-state index in [9.17, 15) is 0 Å². The Morgan fingerprint density at radius 1 is 1.25 bits per heavy atom. The van der Waals surface area contributed by atoms with Crippen LogP contribution in [0.3, 0.4) is 0 Å². The monoisotopic (exact) mass is 160 g/mol. The van der Waals surface area contributed by atoms with Crippen molar-refractivity contribution in [1.29, 1.82) is 0 Å². The highest BCUT2D eigenvalue weighted by Gasteiger charge is 1.98. The largest absolute Gasteiger partial charge is 0.472 e. The Bertz CT molecular complexity index is 368. The molecule has 0 saturated heterocycles. The van der Waals surface area contributed by atoms with Crippen molar-refractivity contribution in [2.75, 3.05) is 5.73 Å². The topological polar surface area (TPSA) is 52.0 Å². The lowest BCUT2D eigenvalue weighted by Gasteiger charge is -1.96. The van der Waals surface area contributed by atoms with Gasteiger partial charge in [-0.1, -0.05) is 0 Å². The van der Waals surface area contributed by atoms with E-state index < -0.39 is 0 Å². The zero-order valence-electron chi connectivity index (χ0n) is 6.40. The Hall–Kier alpha value is -1.77. The fourth-order valence-corrected chi connectivity index (χ4v) is 1.06. The molecule has 0 amide bonds. The van der Waals surface area contributed by atoms with Crippen LogP contribution in [0.25, 0.3) is 11.1 Å². The first kappa shape index (κ1) is 6.91. The molecule has 12 heavy (non-hydrogen) atoms. The molecule has 2 rings (SSSR count). The molecule has 2 aromatic heterocycles. The molecule has 0 bridgehead atoms. The van der Waals surface area contributed by atoms with Crippen molar-refractivity contribution >= 4 is 5.82 Å². The van der Waals surface area contributed by atoms with Gasteiger partial charge in [0.15, 0.2) is 0 Å². The van der Waals surface area contributed by atoms with Gasteiger partial charge in [-0.05, 0) is 23.8 Å². The van der Waals surface area contributed by atoms with E-state index in [2.05, 4.69) is 4.98 Å². The number of furan rings is 1. The molecule has 0 aliphatic heterocycles. The lowest BCUT2D eigenvalue weighted by Crippen LogP contribution is -1.88. The molecule has 0 fully saturated rings. The highest BCUT2D eigenvalue weighted by atomic mass is 16.3. The Kier molecular flexibility index (Phi) is 1.55. The van der Waals surface area contributed by atoms with Gasteiger partial charge in [-0.3, -0.25) is 0 Å². The highest BCUT2D eigenvalue weighted by Crippen LogP contribution is 2.19. The van der Waals surface area contributed by atoms with Crippen molar-refractivity contribution < 1.29 is 4.42 Å². The molecule has 0 unspecified atom stereocenters. The summed E-state index contributed by atoms with van der Waals surface area (Å²) in [6, 6.07) is 5.58. The van der Waals surface area contributed by atoms with Crippen LogP contribution in [-0.2, 0) is 0 Å². The summed E-state index contributed by atoms with van der Waals surface area (Å²) in [4.78, 5) is 3.90. The predicted molar refractivity (Wildman–Crippen MR) is 46.4 cm³/mol. The van der Waals surface area contributed by atoms with Crippen LogP contribution in [0.4, 0.5) is 5.82 Å². The second kappa shape index (κ2) is 2.70. The zero-order valence-corrected chi connectivity index (χ0v) is 6.40. The van der Waals surface area contributed by atoms with Crippen molar-refractivity contribution in [3.8, 4) is 11.1 Å².